The highest BCUT2D eigenvalue weighted by molar-refractivity contribution is 6.74. The Bertz CT molecular complexity index is 23.0. The second-order valence-corrected chi connectivity index (χ2v) is 9.00. The minimum absolute atomic E-state index is 0. The lowest BCUT2D eigenvalue weighted by molar-refractivity contribution is 1.71. The molecule has 0 fully saturated rings. The molecule has 0 aliphatic heterocycles. The number of hydrogen-bond donors (Lipinski definition) is 0. The molecule has 0 bridgehead atoms. The molecule has 0 atom stereocenters. The van der Waals surface area contributed by atoms with E-state index in [-0.39, 0.29) is 6.15 Å². The fourth-order valence-corrected chi connectivity index (χ4v) is 0. The van der Waals surface area contributed by atoms with Crippen molar-refractivity contribution in [1.29, 1.82) is 0 Å². The van der Waals surface area contributed by atoms with Gasteiger partial charge in [0.1, 0.15) is 0 Å². The zero-order valence-corrected chi connectivity index (χ0v) is 5.95. The molecule has 0 N–H and O–H groups in total. The summed E-state index contributed by atoms with van der Waals surface area (Å²) in [5.74, 6) is 0. The number of nitrogens with zero attached hydrogens (tertiary/aromatic N) is 1. The van der Waals surface area contributed by atoms with E-state index in [2.05, 4.69) is 26.2 Å². The summed E-state index contributed by atoms with van der Waals surface area (Å²) in [6, 6.07) is 0. The molecule has 0 aliphatic rings. The van der Waals surface area contributed by atoms with E-state index in [0.29, 0.717) is 0 Å². The summed E-state index contributed by atoms with van der Waals surface area (Å²) in [6.45, 7) is 9.31. The molecule has 0 amide bonds. The van der Waals surface area contributed by atoms with Gasteiger partial charge in [-0.25, -0.2) is 0 Å². The van der Waals surface area contributed by atoms with Gasteiger partial charge in [0.25, 0.3) is 0 Å². The lowest BCUT2D eigenvalue weighted by Gasteiger charge is -2.01. The molecule has 2 heteroatoms. The predicted octanol–water partition coefficient (Wildman–Crippen LogP) is 1.47. The van der Waals surface area contributed by atoms with Crippen molar-refractivity contribution in [3.8, 4) is 0 Å². The number of rotatable bonds is 0. The summed E-state index contributed by atoms with van der Waals surface area (Å²) in [4.78, 5) is 0. The molecule has 0 saturated carbocycles. The molecule has 0 rings (SSSR count). The highest BCUT2D eigenvalue weighted by Crippen LogP contribution is 1.94. The summed E-state index contributed by atoms with van der Waals surface area (Å²) >= 11 is 0. The third kappa shape index (κ3) is 1350. The van der Waals surface area contributed by atoms with E-state index in [1.807, 2.05) is 0 Å². The molecule has 0 aliphatic carbocycles. The van der Waals surface area contributed by atoms with Crippen LogP contribution < -0.4 is 6.15 Å². The van der Waals surface area contributed by atoms with Crippen molar-refractivity contribution in [3.63, 3.8) is 0 Å². The lowest BCUT2D eigenvalue weighted by Crippen LogP contribution is -2.10. The van der Waals surface area contributed by atoms with E-state index in [9.17, 15) is 0 Å². The van der Waals surface area contributed by atoms with Crippen LogP contribution in [0.25, 0.3) is 0 Å². The molecule has 37 valence electrons. The van der Waals surface area contributed by atoms with Crippen LogP contribution in [-0.4, -0.2) is 8.07 Å². The average Bonchev–Trinajstić information content (AvgIpc) is 0.722. The van der Waals surface area contributed by atoms with Crippen molar-refractivity contribution < 1.29 is 0 Å². The summed E-state index contributed by atoms with van der Waals surface area (Å²) in [7, 11) is -0.611. The molecule has 0 aromatic carbocycles. The van der Waals surface area contributed by atoms with E-state index in [1.165, 1.54) is 0 Å². The van der Waals surface area contributed by atoms with Gasteiger partial charge >= 0.3 is 0 Å². The molecule has 0 saturated heterocycles. The Morgan fingerprint density at radius 2 is 0.833 bits per heavy atom. The smallest absolute Gasteiger partial charge is 0.0411 e. The first-order valence-electron chi connectivity index (χ1n) is 2.00. The molecule has 0 aromatic heterocycles. The summed E-state index contributed by atoms with van der Waals surface area (Å²) < 4.78 is 0. The summed E-state index contributed by atoms with van der Waals surface area (Å²) in [5.41, 5.74) is 0. The normalized spacial score (nSPS) is 10.0. The molecule has 1 nitrogen and oxygen atoms in total. The highest BCUT2D eigenvalue weighted by atomic mass is 28.3. The lowest BCUT2D eigenvalue weighted by atomic mass is 11.8. The second-order valence-electron chi connectivity index (χ2n) is 3.00. The maximum absolute atomic E-state index is 2.33. The summed E-state index contributed by atoms with van der Waals surface area (Å²) in [5, 5.41) is 0. The topological polar surface area (TPSA) is 30.5 Å². The maximum atomic E-state index is 2.33. The van der Waals surface area contributed by atoms with Crippen LogP contribution in [0.3, 0.4) is 0 Å². The fraction of sp³-hybridized carbons (Fsp3) is 1.00. The zero-order valence-electron chi connectivity index (χ0n) is 4.95. The van der Waals surface area contributed by atoms with Gasteiger partial charge in [-0.2, -0.15) is 0 Å². The van der Waals surface area contributed by atoms with Gasteiger partial charge in [0.15, 0.2) is 0 Å². The molecule has 0 spiro atoms. The predicted molar refractivity (Wildman–Crippen MR) is 31.3 cm³/mol. The van der Waals surface area contributed by atoms with Crippen molar-refractivity contribution in [2.75, 3.05) is 0 Å². The standard InChI is InChI=1S/C4H12Si.N/c1-5(2,3)4;/h1-4H3;. The van der Waals surface area contributed by atoms with Gasteiger partial charge in [0.05, 0.1) is 0 Å². The first kappa shape index (κ1) is 9.49. The van der Waals surface area contributed by atoms with Crippen LogP contribution in [-0.2, 0) is 0 Å². The first-order valence-corrected chi connectivity index (χ1v) is 6.00. The SMILES string of the molecule is C[Si](C)(C)C.[N]. The van der Waals surface area contributed by atoms with Gasteiger partial charge in [0.2, 0.25) is 0 Å². The third-order valence-electron chi connectivity index (χ3n) is 0. The van der Waals surface area contributed by atoms with Crippen LogP contribution in [0.4, 0.5) is 0 Å². The van der Waals surface area contributed by atoms with Crippen LogP contribution >= 0.6 is 0 Å². The maximum Gasteiger partial charge on any atom is 0.0411 e. The molecule has 0 aromatic rings. The quantitative estimate of drug-likeness (QED) is 0.415. The van der Waals surface area contributed by atoms with Crippen LogP contribution in [0, 0.1) is 0 Å². The molecule has 0 heterocycles. The Balaban J connectivity index is 0. The van der Waals surface area contributed by atoms with E-state index < -0.39 is 8.07 Å². The van der Waals surface area contributed by atoms with Crippen molar-refractivity contribution in [2.24, 2.45) is 0 Å². The van der Waals surface area contributed by atoms with Crippen LogP contribution in [0.1, 0.15) is 0 Å². The van der Waals surface area contributed by atoms with Crippen LogP contribution in [0.15, 0.2) is 0 Å². The minimum Gasteiger partial charge on any atom is -0.0697 e. The van der Waals surface area contributed by atoms with E-state index in [4.69, 9.17) is 0 Å². The minimum atomic E-state index is -0.611. The fourth-order valence-electron chi connectivity index (χ4n) is 0. The van der Waals surface area contributed by atoms with Crippen molar-refractivity contribution in [2.45, 2.75) is 26.2 Å². The third-order valence-corrected chi connectivity index (χ3v) is 0. The Morgan fingerprint density at radius 3 is 0.833 bits per heavy atom. The average molecular weight is 102 g/mol. The summed E-state index contributed by atoms with van der Waals surface area (Å²) in [6.07, 6.45) is 0. The molecular weight excluding hydrogens is 90.1 g/mol. The van der Waals surface area contributed by atoms with E-state index in [0.717, 1.165) is 0 Å². The van der Waals surface area contributed by atoms with E-state index >= 15 is 0 Å². The van der Waals surface area contributed by atoms with Gasteiger partial charge in [0, 0.05) is 14.2 Å². The Morgan fingerprint density at radius 1 is 0.833 bits per heavy atom. The van der Waals surface area contributed by atoms with Gasteiger partial charge in [-0.15, -0.1) is 0 Å². The van der Waals surface area contributed by atoms with Gasteiger partial charge < -0.3 is 0 Å². The number of hydrogen-bond acceptors (Lipinski definition) is 0. The zero-order chi connectivity index (χ0) is 4.50. The highest BCUT2D eigenvalue weighted by Gasteiger charge is 1.99. The molecule has 0 unspecified atom stereocenters. The van der Waals surface area contributed by atoms with Crippen LogP contribution in [0.2, 0.25) is 26.2 Å². The Labute approximate surface area is 41.4 Å². The monoisotopic (exact) mass is 102 g/mol. The van der Waals surface area contributed by atoms with Gasteiger partial charge in [-0.05, 0) is 0 Å². The van der Waals surface area contributed by atoms with Crippen LogP contribution in [0.5, 0.6) is 0 Å². The largest absolute Gasteiger partial charge is 0.0697 e. The van der Waals surface area contributed by atoms with Gasteiger partial charge in [-0.3, -0.25) is 0 Å². The first-order chi connectivity index (χ1) is 2.00. The van der Waals surface area contributed by atoms with Crippen molar-refractivity contribution >= 4 is 8.07 Å². The Kier molecular flexibility index (Phi) is 3.74. The Hall–Kier alpha value is 0.177. The molecule has 3 radical (unpaired) electrons. The van der Waals surface area contributed by atoms with Gasteiger partial charge in [-0.1, -0.05) is 26.2 Å². The molecular formula is C4H12NSi. The molecule has 6 heavy (non-hydrogen) atoms. The van der Waals surface area contributed by atoms with Crippen molar-refractivity contribution in [3.05, 3.63) is 0 Å². The second kappa shape index (κ2) is 2.37. The van der Waals surface area contributed by atoms with Crippen molar-refractivity contribution in [1.82, 2.24) is 6.15 Å². The van der Waals surface area contributed by atoms with E-state index in [1.54, 1.807) is 0 Å².